The molecule has 4 rings (SSSR count). The summed E-state index contributed by atoms with van der Waals surface area (Å²) in [6, 6.07) is 20.1. The number of benzene rings is 3. The molecule has 8 heteroatoms. The van der Waals surface area contributed by atoms with Crippen LogP contribution >= 0.6 is 0 Å². The number of ether oxygens (including phenoxy) is 2. The number of carbonyl (C=O) groups excluding carboxylic acids is 1. The molecular formula is C25H21F4NO3. The molecular weight excluding hydrogens is 438 g/mol. The zero-order valence-electron chi connectivity index (χ0n) is 17.5. The van der Waals surface area contributed by atoms with Crippen LogP contribution in [0.3, 0.4) is 0 Å². The Morgan fingerprint density at radius 3 is 2.33 bits per heavy atom. The summed E-state index contributed by atoms with van der Waals surface area (Å²) in [5.74, 6) is -2.26. The maximum absolute atomic E-state index is 13.8. The highest BCUT2D eigenvalue weighted by Gasteiger charge is 2.37. The maximum Gasteiger partial charge on any atom is 0.416 e. The van der Waals surface area contributed by atoms with Crippen molar-refractivity contribution in [2.24, 2.45) is 0 Å². The van der Waals surface area contributed by atoms with Crippen molar-refractivity contribution in [3.63, 3.8) is 0 Å². The molecule has 33 heavy (non-hydrogen) atoms. The normalized spacial score (nSPS) is 19.3. The lowest BCUT2D eigenvalue weighted by Crippen LogP contribution is -2.46. The van der Waals surface area contributed by atoms with Gasteiger partial charge in [0.2, 0.25) is 6.29 Å². The molecule has 2 atom stereocenters. The second-order valence-corrected chi connectivity index (χ2v) is 7.68. The van der Waals surface area contributed by atoms with Crippen molar-refractivity contribution >= 4 is 5.97 Å². The summed E-state index contributed by atoms with van der Waals surface area (Å²) in [4.78, 5) is 14.8. The highest BCUT2D eigenvalue weighted by molar-refractivity contribution is 5.89. The molecule has 172 valence electrons. The van der Waals surface area contributed by atoms with E-state index in [-0.39, 0.29) is 6.61 Å². The van der Waals surface area contributed by atoms with Gasteiger partial charge >= 0.3 is 12.1 Å². The molecule has 1 saturated heterocycles. The Morgan fingerprint density at radius 1 is 1.00 bits per heavy atom. The number of carbonyl (C=O) groups is 1. The molecule has 0 aliphatic carbocycles. The van der Waals surface area contributed by atoms with Crippen molar-refractivity contribution in [2.45, 2.75) is 25.1 Å². The van der Waals surface area contributed by atoms with Crippen molar-refractivity contribution in [1.82, 2.24) is 4.90 Å². The van der Waals surface area contributed by atoms with Gasteiger partial charge in [-0.3, -0.25) is 4.90 Å². The first-order valence-electron chi connectivity index (χ1n) is 10.3. The van der Waals surface area contributed by atoms with Gasteiger partial charge in [0, 0.05) is 13.1 Å². The highest BCUT2D eigenvalue weighted by atomic mass is 19.4. The molecule has 0 aromatic heterocycles. The first-order chi connectivity index (χ1) is 15.8. The molecule has 0 radical (unpaired) electrons. The van der Waals surface area contributed by atoms with E-state index in [0.29, 0.717) is 25.2 Å². The van der Waals surface area contributed by atoms with Gasteiger partial charge in [-0.05, 0) is 29.3 Å². The first-order valence-corrected chi connectivity index (χ1v) is 10.3. The largest absolute Gasteiger partial charge is 0.430 e. The number of morpholine rings is 1. The van der Waals surface area contributed by atoms with Crippen LogP contribution in [0.2, 0.25) is 0 Å². The number of rotatable bonds is 5. The highest BCUT2D eigenvalue weighted by Crippen LogP contribution is 2.34. The summed E-state index contributed by atoms with van der Waals surface area (Å²) >= 11 is 0. The lowest BCUT2D eigenvalue weighted by Gasteiger charge is -2.40. The van der Waals surface area contributed by atoms with Gasteiger partial charge in [-0.1, -0.05) is 60.7 Å². The quantitative estimate of drug-likeness (QED) is 0.368. The molecule has 3 aromatic carbocycles. The summed E-state index contributed by atoms with van der Waals surface area (Å²) in [6.45, 7) is 1.36. The molecule has 1 heterocycles. The SMILES string of the molecule is O=C(OC1OCCN(Cc2ccccc2)C1c1ccccc1)c1cc(F)cc(C(F)(F)F)c1. The lowest BCUT2D eigenvalue weighted by molar-refractivity contribution is -0.186. The van der Waals surface area contributed by atoms with E-state index in [0.717, 1.165) is 17.2 Å². The number of hydrogen-bond donors (Lipinski definition) is 0. The number of hydrogen-bond acceptors (Lipinski definition) is 4. The van der Waals surface area contributed by atoms with Gasteiger partial charge in [-0.25, -0.2) is 9.18 Å². The Bertz CT molecular complexity index is 1090. The summed E-state index contributed by atoms with van der Waals surface area (Å²) in [5, 5.41) is 0. The number of alkyl halides is 3. The average molecular weight is 459 g/mol. The fourth-order valence-corrected chi connectivity index (χ4v) is 3.85. The molecule has 0 bridgehead atoms. The second kappa shape index (κ2) is 9.72. The first kappa shape index (κ1) is 22.9. The van der Waals surface area contributed by atoms with Crippen LogP contribution in [-0.4, -0.2) is 30.3 Å². The van der Waals surface area contributed by atoms with Crippen molar-refractivity contribution in [1.29, 1.82) is 0 Å². The zero-order chi connectivity index (χ0) is 23.4. The average Bonchev–Trinajstić information content (AvgIpc) is 2.79. The van der Waals surface area contributed by atoms with Crippen LogP contribution in [0.4, 0.5) is 17.6 Å². The van der Waals surface area contributed by atoms with Crippen molar-refractivity contribution in [2.75, 3.05) is 13.2 Å². The summed E-state index contributed by atoms with van der Waals surface area (Å²) < 4.78 is 64.2. The van der Waals surface area contributed by atoms with E-state index in [1.54, 1.807) is 0 Å². The molecule has 0 amide bonds. The number of esters is 1. The molecule has 0 saturated carbocycles. The molecule has 3 aromatic rings. The fraction of sp³-hybridized carbons (Fsp3) is 0.240. The number of nitrogens with zero attached hydrogens (tertiary/aromatic N) is 1. The Labute approximate surface area is 188 Å². The summed E-state index contributed by atoms with van der Waals surface area (Å²) in [7, 11) is 0. The minimum atomic E-state index is -4.79. The fourth-order valence-electron chi connectivity index (χ4n) is 3.85. The van der Waals surface area contributed by atoms with Gasteiger partial charge in [-0.15, -0.1) is 0 Å². The lowest BCUT2D eigenvalue weighted by atomic mass is 10.0. The van der Waals surface area contributed by atoms with E-state index in [2.05, 4.69) is 4.90 Å². The molecule has 4 nitrogen and oxygen atoms in total. The Balaban J connectivity index is 1.61. The summed E-state index contributed by atoms with van der Waals surface area (Å²) in [5.41, 5.74) is 0.0776. The van der Waals surface area contributed by atoms with E-state index in [1.807, 2.05) is 60.7 Å². The van der Waals surface area contributed by atoms with Gasteiger partial charge in [0.05, 0.1) is 23.8 Å². The van der Waals surface area contributed by atoms with Crippen LogP contribution in [0.5, 0.6) is 0 Å². The van der Waals surface area contributed by atoms with Crippen LogP contribution in [0.15, 0.2) is 78.9 Å². The standard InChI is InChI=1S/C25H21F4NO3/c26-21-14-19(13-20(15-21)25(27,28)29)23(31)33-24-22(18-9-5-2-6-10-18)30(11-12-32-24)16-17-7-3-1-4-8-17/h1-10,13-15,22,24H,11-12,16H2. The Kier molecular flexibility index (Phi) is 6.76. The molecule has 2 unspecified atom stereocenters. The molecule has 0 N–H and O–H groups in total. The third-order valence-corrected chi connectivity index (χ3v) is 5.37. The zero-order valence-corrected chi connectivity index (χ0v) is 17.5. The third-order valence-electron chi connectivity index (χ3n) is 5.37. The molecule has 1 aliphatic rings. The minimum Gasteiger partial charge on any atom is -0.430 e. The van der Waals surface area contributed by atoms with Crippen LogP contribution in [0.25, 0.3) is 0 Å². The minimum absolute atomic E-state index is 0.255. The van der Waals surface area contributed by atoms with E-state index in [9.17, 15) is 22.4 Å². The van der Waals surface area contributed by atoms with E-state index in [4.69, 9.17) is 9.47 Å². The van der Waals surface area contributed by atoms with Gasteiger partial charge in [0.1, 0.15) is 5.82 Å². The Hall–Kier alpha value is -3.23. The van der Waals surface area contributed by atoms with Crippen LogP contribution in [0.1, 0.15) is 33.1 Å². The van der Waals surface area contributed by atoms with Gasteiger partial charge in [-0.2, -0.15) is 13.2 Å². The van der Waals surface area contributed by atoms with Crippen molar-refractivity contribution < 1.29 is 31.8 Å². The van der Waals surface area contributed by atoms with E-state index in [1.165, 1.54) is 0 Å². The predicted molar refractivity (Wildman–Crippen MR) is 113 cm³/mol. The molecule has 1 fully saturated rings. The van der Waals surface area contributed by atoms with E-state index < -0.39 is 41.4 Å². The van der Waals surface area contributed by atoms with Gasteiger partial charge in [0.25, 0.3) is 0 Å². The molecule has 1 aliphatic heterocycles. The predicted octanol–water partition coefficient (Wildman–Crippen LogP) is 5.60. The smallest absolute Gasteiger partial charge is 0.416 e. The van der Waals surface area contributed by atoms with Crippen LogP contribution in [-0.2, 0) is 22.2 Å². The van der Waals surface area contributed by atoms with Gasteiger partial charge < -0.3 is 9.47 Å². The van der Waals surface area contributed by atoms with Gasteiger partial charge in [0.15, 0.2) is 0 Å². The number of halogens is 4. The molecule has 0 spiro atoms. The van der Waals surface area contributed by atoms with E-state index >= 15 is 0 Å². The van der Waals surface area contributed by atoms with Crippen molar-refractivity contribution in [3.05, 3.63) is 107 Å². The monoisotopic (exact) mass is 459 g/mol. The second-order valence-electron chi connectivity index (χ2n) is 7.68. The maximum atomic E-state index is 13.8. The van der Waals surface area contributed by atoms with Crippen LogP contribution < -0.4 is 0 Å². The Morgan fingerprint density at radius 2 is 1.67 bits per heavy atom. The van der Waals surface area contributed by atoms with Crippen molar-refractivity contribution in [3.8, 4) is 0 Å². The summed E-state index contributed by atoms with van der Waals surface area (Å²) in [6.07, 6.45) is -5.88. The van der Waals surface area contributed by atoms with Crippen LogP contribution in [0, 0.1) is 5.82 Å². The topological polar surface area (TPSA) is 38.8 Å². The third kappa shape index (κ3) is 5.58.